The molecule has 26 heavy (non-hydrogen) atoms. The molecule has 0 radical (unpaired) electrons. The van der Waals surface area contributed by atoms with E-state index in [0.29, 0.717) is 11.8 Å². The highest BCUT2D eigenvalue weighted by Gasteiger charge is 2.23. The zero-order valence-corrected chi connectivity index (χ0v) is 15.9. The van der Waals surface area contributed by atoms with Crippen LogP contribution in [0.1, 0.15) is 30.0 Å². The minimum Gasteiger partial charge on any atom is -0.490 e. The molecule has 0 unspecified atom stereocenters. The van der Waals surface area contributed by atoms with Crippen LogP contribution in [-0.2, 0) is 14.3 Å². The Morgan fingerprint density at radius 1 is 1.19 bits per heavy atom. The number of pyridine rings is 1. The highest BCUT2D eigenvalue weighted by molar-refractivity contribution is 7.86. The summed E-state index contributed by atoms with van der Waals surface area (Å²) in [5, 5.41) is 0. The van der Waals surface area contributed by atoms with E-state index in [2.05, 4.69) is 16.9 Å². The van der Waals surface area contributed by atoms with E-state index in [9.17, 15) is 8.42 Å². The molecule has 0 N–H and O–H groups in total. The second-order valence-electron chi connectivity index (χ2n) is 6.53. The largest absolute Gasteiger partial charge is 0.490 e. The minimum absolute atomic E-state index is 0.0518. The normalized spacial score (nSPS) is 18.2. The molecule has 3 rings (SSSR count). The van der Waals surface area contributed by atoms with E-state index < -0.39 is 10.1 Å². The van der Waals surface area contributed by atoms with Gasteiger partial charge in [-0.1, -0.05) is 17.7 Å². The van der Waals surface area contributed by atoms with E-state index in [1.54, 1.807) is 18.3 Å². The first-order valence-corrected chi connectivity index (χ1v) is 10.1. The summed E-state index contributed by atoms with van der Waals surface area (Å²) in [6.07, 6.45) is 5.78. The molecule has 7 heteroatoms. The number of likely N-dealkylation sites (tertiary alicyclic amines) is 1. The molecule has 2 aromatic rings. The molecular formula is C19H24N2O4S. The molecule has 0 bridgehead atoms. The molecule has 0 aliphatic carbocycles. The Hall–Kier alpha value is -1.96. The first kappa shape index (κ1) is 18.8. The number of benzene rings is 1. The van der Waals surface area contributed by atoms with Gasteiger partial charge in [0.05, 0.1) is 11.1 Å². The highest BCUT2D eigenvalue weighted by Crippen LogP contribution is 2.31. The van der Waals surface area contributed by atoms with E-state index >= 15 is 0 Å². The second kappa shape index (κ2) is 8.16. The molecular weight excluding hydrogens is 352 g/mol. The number of aromatic nitrogens is 1. The molecule has 1 fully saturated rings. The van der Waals surface area contributed by atoms with E-state index in [1.165, 1.54) is 18.6 Å². The van der Waals surface area contributed by atoms with E-state index in [0.717, 1.165) is 24.1 Å². The van der Waals surface area contributed by atoms with Crippen molar-refractivity contribution in [2.75, 3.05) is 26.8 Å². The summed E-state index contributed by atoms with van der Waals surface area (Å²) in [6, 6.07) is 8.89. The zero-order valence-electron chi connectivity index (χ0n) is 15.1. The van der Waals surface area contributed by atoms with Crippen molar-refractivity contribution in [2.24, 2.45) is 0 Å². The SMILES string of the molecule is Cc1ccc(S(=O)(=O)OCCOc2cncc([C@@H]3CCCN3C)c2)cc1. The predicted molar refractivity (Wildman–Crippen MR) is 98.7 cm³/mol. The van der Waals surface area contributed by atoms with Crippen molar-refractivity contribution in [3.63, 3.8) is 0 Å². The maximum absolute atomic E-state index is 12.1. The van der Waals surface area contributed by atoms with Gasteiger partial charge in [-0.25, -0.2) is 0 Å². The van der Waals surface area contributed by atoms with Gasteiger partial charge < -0.3 is 4.74 Å². The third kappa shape index (κ3) is 4.60. The number of ether oxygens (including phenoxy) is 1. The molecule has 0 spiro atoms. The van der Waals surface area contributed by atoms with Crippen LogP contribution in [0, 0.1) is 6.92 Å². The second-order valence-corrected chi connectivity index (χ2v) is 8.15. The van der Waals surface area contributed by atoms with Gasteiger partial charge in [0.2, 0.25) is 0 Å². The summed E-state index contributed by atoms with van der Waals surface area (Å²) in [7, 11) is -1.66. The Bertz CT molecular complexity index is 837. The summed E-state index contributed by atoms with van der Waals surface area (Å²) in [4.78, 5) is 6.69. The minimum atomic E-state index is -3.76. The first-order valence-electron chi connectivity index (χ1n) is 8.70. The molecule has 2 heterocycles. The van der Waals surface area contributed by atoms with Gasteiger partial charge in [0.25, 0.3) is 10.1 Å². The molecule has 0 amide bonds. The number of hydrogen-bond acceptors (Lipinski definition) is 6. The standard InChI is InChI=1S/C19H24N2O4S/c1-15-5-7-18(8-6-15)26(22,23)25-11-10-24-17-12-16(13-20-14-17)19-4-3-9-21(19)2/h5-8,12-14,19H,3-4,9-11H2,1-2H3/t19-/m0/s1. The van der Waals surface area contributed by atoms with Crippen LogP contribution >= 0.6 is 0 Å². The lowest BCUT2D eigenvalue weighted by molar-refractivity contribution is 0.220. The Morgan fingerprint density at radius 2 is 1.96 bits per heavy atom. The van der Waals surface area contributed by atoms with Crippen LogP contribution in [0.5, 0.6) is 5.75 Å². The molecule has 0 saturated carbocycles. The Labute approximate surface area is 154 Å². The van der Waals surface area contributed by atoms with Gasteiger partial charge in [0.1, 0.15) is 19.0 Å². The first-order chi connectivity index (χ1) is 12.5. The third-order valence-electron chi connectivity index (χ3n) is 4.54. The number of aryl methyl sites for hydroxylation is 1. The molecule has 1 atom stereocenters. The molecule has 1 aromatic heterocycles. The third-order valence-corrected chi connectivity index (χ3v) is 5.87. The van der Waals surface area contributed by atoms with Crippen LogP contribution < -0.4 is 4.74 Å². The topological polar surface area (TPSA) is 68.7 Å². The van der Waals surface area contributed by atoms with Gasteiger partial charge in [0.15, 0.2) is 0 Å². The van der Waals surface area contributed by atoms with E-state index in [1.807, 2.05) is 19.2 Å². The van der Waals surface area contributed by atoms with Gasteiger partial charge in [-0.2, -0.15) is 8.42 Å². The van der Waals surface area contributed by atoms with Crippen molar-refractivity contribution in [2.45, 2.75) is 30.7 Å². The molecule has 1 aliphatic rings. The van der Waals surface area contributed by atoms with Crippen molar-refractivity contribution in [1.29, 1.82) is 0 Å². The van der Waals surface area contributed by atoms with Gasteiger partial charge in [-0.05, 0) is 57.1 Å². The van der Waals surface area contributed by atoms with Crippen LogP contribution in [-0.4, -0.2) is 45.1 Å². The van der Waals surface area contributed by atoms with Crippen molar-refractivity contribution in [1.82, 2.24) is 9.88 Å². The van der Waals surface area contributed by atoms with Crippen LogP contribution in [0.4, 0.5) is 0 Å². The van der Waals surface area contributed by atoms with Gasteiger partial charge >= 0.3 is 0 Å². The fourth-order valence-corrected chi connectivity index (χ4v) is 4.00. The summed E-state index contributed by atoms with van der Waals surface area (Å²) >= 11 is 0. The highest BCUT2D eigenvalue weighted by atomic mass is 32.2. The van der Waals surface area contributed by atoms with Crippen LogP contribution in [0.25, 0.3) is 0 Å². The van der Waals surface area contributed by atoms with Crippen molar-refractivity contribution in [3.8, 4) is 5.75 Å². The lowest BCUT2D eigenvalue weighted by Gasteiger charge is -2.19. The maximum atomic E-state index is 12.1. The van der Waals surface area contributed by atoms with E-state index in [-0.39, 0.29) is 18.1 Å². The lowest BCUT2D eigenvalue weighted by Crippen LogP contribution is -2.17. The molecule has 1 saturated heterocycles. The fraction of sp³-hybridized carbons (Fsp3) is 0.421. The van der Waals surface area contributed by atoms with Gasteiger partial charge in [-0.15, -0.1) is 0 Å². The van der Waals surface area contributed by atoms with E-state index in [4.69, 9.17) is 8.92 Å². The Kier molecular flexibility index (Phi) is 5.90. The average Bonchev–Trinajstić information content (AvgIpc) is 3.05. The smallest absolute Gasteiger partial charge is 0.297 e. The summed E-state index contributed by atoms with van der Waals surface area (Å²) in [5.74, 6) is 0.624. The summed E-state index contributed by atoms with van der Waals surface area (Å²) in [5.41, 5.74) is 2.11. The number of hydrogen-bond donors (Lipinski definition) is 0. The lowest BCUT2D eigenvalue weighted by atomic mass is 10.1. The molecule has 140 valence electrons. The van der Waals surface area contributed by atoms with Crippen LogP contribution in [0.3, 0.4) is 0 Å². The summed E-state index contributed by atoms with van der Waals surface area (Å²) in [6.45, 7) is 3.07. The molecule has 1 aliphatic heterocycles. The Morgan fingerprint density at radius 3 is 2.65 bits per heavy atom. The van der Waals surface area contributed by atoms with Crippen LogP contribution in [0.2, 0.25) is 0 Å². The van der Waals surface area contributed by atoms with Crippen molar-refractivity contribution < 1.29 is 17.3 Å². The zero-order chi connectivity index (χ0) is 18.6. The maximum Gasteiger partial charge on any atom is 0.297 e. The fourth-order valence-electron chi connectivity index (χ4n) is 3.10. The quantitative estimate of drug-likeness (QED) is 0.547. The summed E-state index contributed by atoms with van der Waals surface area (Å²) < 4.78 is 34.9. The van der Waals surface area contributed by atoms with Crippen LogP contribution in [0.15, 0.2) is 47.6 Å². The van der Waals surface area contributed by atoms with Gasteiger partial charge in [0, 0.05) is 12.2 Å². The Balaban J connectivity index is 1.53. The average molecular weight is 376 g/mol. The van der Waals surface area contributed by atoms with Crippen molar-refractivity contribution >= 4 is 10.1 Å². The monoisotopic (exact) mass is 376 g/mol. The predicted octanol–water partition coefficient (Wildman–Crippen LogP) is 2.94. The van der Waals surface area contributed by atoms with Crippen molar-refractivity contribution in [3.05, 3.63) is 53.9 Å². The number of nitrogens with zero attached hydrogens (tertiary/aromatic N) is 2. The number of rotatable bonds is 7. The molecule has 1 aromatic carbocycles. The molecule has 6 nitrogen and oxygen atoms in total. The van der Waals surface area contributed by atoms with Gasteiger partial charge in [-0.3, -0.25) is 14.1 Å².